The van der Waals surface area contributed by atoms with Crippen LogP contribution in [0.3, 0.4) is 0 Å². The van der Waals surface area contributed by atoms with E-state index in [1.165, 1.54) is 122 Å². The van der Waals surface area contributed by atoms with Gasteiger partial charge in [0.15, 0.2) is 0 Å². The molecule has 1 N–H and O–H groups in total. The highest BCUT2D eigenvalue weighted by atomic mass is 15.0. The molecule has 0 spiro atoms. The van der Waals surface area contributed by atoms with Gasteiger partial charge in [0, 0.05) is 18.0 Å². The first-order valence-corrected chi connectivity index (χ1v) is 21.6. The van der Waals surface area contributed by atoms with Crippen molar-refractivity contribution in [2.24, 2.45) is 23.7 Å². The Morgan fingerprint density at radius 2 is 1.65 bits per heavy atom. The second kappa shape index (κ2) is 16.4. The van der Waals surface area contributed by atoms with Gasteiger partial charge in [0.2, 0.25) is 0 Å². The molecule has 1 fully saturated rings. The molecule has 1 heteroatoms. The van der Waals surface area contributed by atoms with Crippen molar-refractivity contribution in [3.05, 3.63) is 129 Å². The highest BCUT2D eigenvalue weighted by molar-refractivity contribution is 5.57. The fraction of sp³-hybridized carbons (Fsp3) is 0.560. The lowest BCUT2D eigenvalue weighted by Gasteiger charge is -2.45. The van der Waals surface area contributed by atoms with Crippen LogP contribution in [0.25, 0.3) is 0 Å². The van der Waals surface area contributed by atoms with Gasteiger partial charge in [0.25, 0.3) is 0 Å². The van der Waals surface area contributed by atoms with Crippen molar-refractivity contribution in [1.82, 2.24) is 5.32 Å². The van der Waals surface area contributed by atoms with Crippen LogP contribution in [0.4, 0.5) is 0 Å². The Labute approximate surface area is 311 Å². The van der Waals surface area contributed by atoms with E-state index in [1.54, 1.807) is 50.2 Å². The van der Waals surface area contributed by atoms with E-state index in [4.69, 9.17) is 0 Å². The van der Waals surface area contributed by atoms with E-state index in [0.29, 0.717) is 29.8 Å². The molecule has 8 aliphatic rings. The van der Waals surface area contributed by atoms with Gasteiger partial charge in [-0.1, -0.05) is 136 Å². The van der Waals surface area contributed by atoms with Gasteiger partial charge in [-0.3, -0.25) is 0 Å². The molecule has 0 aromatic rings. The summed E-state index contributed by atoms with van der Waals surface area (Å²) in [7, 11) is 0. The maximum absolute atomic E-state index is 4.28. The predicted molar refractivity (Wildman–Crippen MR) is 218 cm³/mol. The Kier molecular flexibility index (Phi) is 11.3. The third kappa shape index (κ3) is 7.49. The average Bonchev–Trinajstić information content (AvgIpc) is 3.19. The molecule has 51 heavy (non-hydrogen) atoms. The fourth-order valence-corrected chi connectivity index (χ4v) is 11.5. The van der Waals surface area contributed by atoms with E-state index in [0.717, 1.165) is 12.3 Å². The minimum absolute atomic E-state index is 0.430. The van der Waals surface area contributed by atoms with Crippen LogP contribution in [-0.2, 0) is 0 Å². The predicted octanol–water partition coefficient (Wildman–Crippen LogP) is 13.5. The van der Waals surface area contributed by atoms with Crippen LogP contribution in [0.5, 0.6) is 0 Å². The topological polar surface area (TPSA) is 12.0 Å². The largest absolute Gasteiger partial charge is 0.303 e. The van der Waals surface area contributed by atoms with Gasteiger partial charge < -0.3 is 5.32 Å². The number of unbranched alkanes of at least 4 members (excludes halogenated alkanes) is 3. The van der Waals surface area contributed by atoms with Crippen LogP contribution < -0.4 is 5.32 Å². The zero-order valence-corrected chi connectivity index (χ0v) is 32.0. The maximum Gasteiger partial charge on any atom is 0.0328 e. The van der Waals surface area contributed by atoms with Crippen molar-refractivity contribution in [2.45, 2.75) is 154 Å². The molecule has 6 atom stereocenters. The molecule has 1 nitrogen and oxygen atoms in total. The first-order valence-electron chi connectivity index (χ1n) is 21.6. The minimum Gasteiger partial charge on any atom is -0.303 e. The van der Waals surface area contributed by atoms with Gasteiger partial charge in [-0.15, -0.1) is 0 Å². The number of hydrogen-bond acceptors (Lipinski definition) is 1. The number of hydrogen-bond donors (Lipinski definition) is 1. The molecular formula is C50H65N. The first kappa shape index (κ1) is 35.1. The zero-order chi connectivity index (χ0) is 34.6. The molecule has 0 heterocycles. The van der Waals surface area contributed by atoms with Gasteiger partial charge in [-0.05, 0) is 153 Å². The van der Waals surface area contributed by atoms with Crippen LogP contribution >= 0.6 is 0 Å². The molecular weight excluding hydrogens is 615 g/mol. The molecule has 4 unspecified atom stereocenters. The van der Waals surface area contributed by atoms with Gasteiger partial charge in [0.1, 0.15) is 0 Å². The summed E-state index contributed by atoms with van der Waals surface area (Å²) in [6.07, 6.45) is 55.5. The highest BCUT2D eigenvalue weighted by Crippen LogP contribution is 2.52. The lowest BCUT2D eigenvalue weighted by molar-refractivity contribution is 0.292. The molecule has 0 aromatic heterocycles. The van der Waals surface area contributed by atoms with Crippen molar-refractivity contribution < 1.29 is 0 Å². The first-order chi connectivity index (χ1) is 25.2. The minimum atomic E-state index is 0.430. The average molecular weight is 680 g/mol. The SMILES string of the molecule is CCCCCCC(C)C1=CC[C@@H](C2=CC=C(C3CCC(C4=C5C=CCCC5=CCC4)=C4CCCCC43)C(N[C@H]3C=CC=CC3)C2)C2=C1C=CCC2. The van der Waals surface area contributed by atoms with Gasteiger partial charge in [-0.2, -0.15) is 0 Å². The molecule has 270 valence electrons. The molecule has 0 saturated heterocycles. The van der Waals surface area contributed by atoms with E-state index >= 15 is 0 Å². The number of allylic oxidation sites excluding steroid dienone is 18. The molecule has 0 amide bonds. The Balaban J connectivity index is 1.10. The molecule has 8 rings (SSSR count). The van der Waals surface area contributed by atoms with Crippen LogP contribution in [0.2, 0.25) is 0 Å². The Morgan fingerprint density at radius 3 is 2.53 bits per heavy atom. The molecule has 0 aromatic carbocycles. The van der Waals surface area contributed by atoms with Gasteiger partial charge in [0.05, 0.1) is 0 Å². The van der Waals surface area contributed by atoms with E-state index in [1.807, 2.05) is 5.57 Å². The summed E-state index contributed by atoms with van der Waals surface area (Å²) in [6, 6.07) is 0.860. The Morgan fingerprint density at radius 1 is 0.745 bits per heavy atom. The van der Waals surface area contributed by atoms with E-state index in [9.17, 15) is 0 Å². The number of rotatable bonds is 11. The lowest BCUT2D eigenvalue weighted by Crippen LogP contribution is -2.44. The van der Waals surface area contributed by atoms with Crippen LogP contribution in [-0.4, -0.2) is 12.1 Å². The molecule has 1 saturated carbocycles. The normalized spacial score (nSPS) is 31.1. The summed E-state index contributed by atoms with van der Waals surface area (Å²) < 4.78 is 0. The second-order valence-electron chi connectivity index (χ2n) is 17.2. The summed E-state index contributed by atoms with van der Waals surface area (Å²) in [5.41, 5.74) is 17.1. The van der Waals surface area contributed by atoms with Crippen molar-refractivity contribution in [3.8, 4) is 0 Å². The van der Waals surface area contributed by atoms with Crippen LogP contribution in [0, 0.1) is 23.7 Å². The van der Waals surface area contributed by atoms with Crippen molar-refractivity contribution >= 4 is 0 Å². The molecule has 8 aliphatic carbocycles. The maximum atomic E-state index is 4.28. The number of nitrogens with one attached hydrogen (secondary N) is 1. The zero-order valence-electron chi connectivity index (χ0n) is 32.0. The van der Waals surface area contributed by atoms with E-state index in [2.05, 4.69) is 92.1 Å². The fourth-order valence-electron chi connectivity index (χ4n) is 11.5. The summed E-state index contributed by atoms with van der Waals surface area (Å²) in [4.78, 5) is 0. The monoisotopic (exact) mass is 680 g/mol. The Bertz CT molecular complexity index is 1670. The van der Waals surface area contributed by atoms with Crippen molar-refractivity contribution in [2.75, 3.05) is 0 Å². The second-order valence-corrected chi connectivity index (χ2v) is 17.2. The quantitative estimate of drug-likeness (QED) is 0.214. The van der Waals surface area contributed by atoms with Crippen LogP contribution in [0.1, 0.15) is 142 Å². The summed E-state index contributed by atoms with van der Waals surface area (Å²) in [6.45, 7) is 4.83. The van der Waals surface area contributed by atoms with Crippen LogP contribution in [0.15, 0.2) is 129 Å². The molecule has 0 aliphatic heterocycles. The lowest BCUT2D eigenvalue weighted by atomic mass is 9.62. The summed E-state index contributed by atoms with van der Waals surface area (Å²) >= 11 is 0. The van der Waals surface area contributed by atoms with E-state index < -0.39 is 0 Å². The van der Waals surface area contributed by atoms with Crippen molar-refractivity contribution in [1.29, 1.82) is 0 Å². The molecule has 0 bridgehead atoms. The van der Waals surface area contributed by atoms with Crippen molar-refractivity contribution in [3.63, 3.8) is 0 Å². The Hall–Kier alpha value is -2.90. The van der Waals surface area contributed by atoms with Gasteiger partial charge >= 0.3 is 0 Å². The van der Waals surface area contributed by atoms with Gasteiger partial charge in [-0.25, -0.2) is 0 Å². The highest BCUT2D eigenvalue weighted by Gasteiger charge is 2.40. The smallest absolute Gasteiger partial charge is 0.0328 e. The standard InChI is InChI=1S/C50H65N/c1-3-4-5-7-17-35(2)39-30-31-41(43-24-13-12-23-42(39)43)37-28-29-49(50(34-37)51-38-20-8-6-9-21-38)48-33-32-47(45-25-14-15-26-46(45)48)44-27-16-19-36-18-10-11-22-40(36)44/h6,8-9,11-12,19-20,22-23,28-30,35,38,41,46,48,50-51H,3-5,7,10,13-18,21,24-27,31-34H2,1-2H3/t35?,38-,41-,46?,48?,50?/m0/s1. The van der Waals surface area contributed by atoms with E-state index in [-0.39, 0.29) is 0 Å². The third-order valence-corrected chi connectivity index (χ3v) is 14.1. The number of fused-ring (bicyclic) bond motifs is 2. The third-order valence-electron chi connectivity index (χ3n) is 14.1. The molecule has 0 radical (unpaired) electrons. The summed E-state index contributed by atoms with van der Waals surface area (Å²) in [5.74, 6) is 2.63. The summed E-state index contributed by atoms with van der Waals surface area (Å²) in [5, 5.41) is 4.28.